The number of carbonyl (C=O) groups is 1. The van der Waals surface area contributed by atoms with Gasteiger partial charge >= 0.3 is 0 Å². The molecule has 4 aliphatic rings. The summed E-state index contributed by atoms with van der Waals surface area (Å²) in [5, 5.41) is 3.74. The molecule has 1 N–H and O–H groups in total. The minimum atomic E-state index is -0.333. The van der Waals surface area contributed by atoms with Gasteiger partial charge in [0.15, 0.2) is 0 Å². The van der Waals surface area contributed by atoms with Gasteiger partial charge in [-0.05, 0) is 70.0 Å². The predicted octanol–water partition coefficient (Wildman–Crippen LogP) is 3.03. The molecule has 3 aromatic rings. The Bertz CT molecular complexity index is 1450. The van der Waals surface area contributed by atoms with Gasteiger partial charge in [-0.25, -0.2) is 9.37 Å². The molecule has 3 heterocycles. The zero-order chi connectivity index (χ0) is 26.1. The minimum Gasteiger partial charge on any atom is -0.368 e. The van der Waals surface area contributed by atoms with Crippen molar-refractivity contribution in [2.75, 3.05) is 51.5 Å². The highest BCUT2D eigenvalue weighted by Crippen LogP contribution is 2.62. The molecule has 1 amide bonds. The van der Waals surface area contributed by atoms with Crippen molar-refractivity contribution >= 4 is 34.3 Å². The summed E-state index contributed by atoms with van der Waals surface area (Å²) < 4.78 is 16.8. The van der Waals surface area contributed by atoms with E-state index in [1.165, 1.54) is 11.0 Å². The zero-order valence-electron chi connectivity index (χ0n) is 21.7. The minimum absolute atomic E-state index is 0.127. The number of nitrogens with zero attached hydrogens (tertiary/aromatic N) is 6. The predicted molar refractivity (Wildman–Crippen MR) is 141 cm³/mol. The van der Waals surface area contributed by atoms with E-state index in [2.05, 4.69) is 39.2 Å². The Morgan fingerprint density at radius 1 is 1.16 bits per heavy atom. The molecule has 3 saturated carbocycles. The van der Waals surface area contributed by atoms with Crippen molar-refractivity contribution in [2.45, 2.75) is 37.3 Å². The number of benzene rings is 1. The quantitative estimate of drug-likeness (QED) is 0.551. The molecule has 194 valence electrons. The van der Waals surface area contributed by atoms with Gasteiger partial charge in [0, 0.05) is 50.5 Å². The first-order chi connectivity index (χ1) is 17.6. The number of carbonyl (C=O) groups excluding carboxylic acids is 1. The molecule has 7 rings (SSSR count). The van der Waals surface area contributed by atoms with Gasteiger partial charge in [-0.2, -0.15) is 4.98 Å². The fraction of sp³-hybridized carbons (Fsp3) is 0.481. The van der Waals surface area contributed by atoms with Gasteiger partial charge in [-0.3, -0.25) is 14.2 Å². The summed E-state index contributed by atoms with van der Waals surface area (Å²) in [7, 11) is 7.37. The molecule has 2 aromatic heterocycles. The Morgan fingerprint density at radius 3 is 2.51 bits per heavy atom. The maximum Gasteiger partial charge on any atom is 0.265 e. The lowest BCUT2D eigenvalue weighted by atomic mass is 9.49. The molecule has 1 atom stereocenters. The topological polar surface area (TPSA) is 86.6 Å². The summed E-state index contributed by atoms with van der Waals surface area (Å²) in [5.41, 5.74) is 1.16. The van der Waals surface area contributed by atoms with Crippen molar-refractivity contribution in [3.05, 3.63) is 52.2 Å². The van der Waals surface area contributed by atoms with Crippen LogP contribution in [0.4, 0.5) is 21.7 Å². The van der Waals surface area contributed by atoms with E-state index in [0.717, 1.165) is 38.8 Å². The number of nitrogens with one attached hydrogen (secondary N) is 1. The maximum absolute atomic E-state index is 15.1. The van der Waals surface area contributed by atoms with Crippen molar-refractivity contribution < 1.29 is 9.18 Å². The number of pyridine rings is 1. The van der Waals surface area contributed by atoms with Crippen LogP contribution in [-0.4, -0.2) is 77.6 Å². The molecule has 9 nitrogen and oxygen atoms in total. The third-order valence-electron chi connectivity index (χ3n) is 8.30. The molecular weight excluding hydrogens is 473 g/mol. The Hall–Kier alpha value is -3.53. The van der Waals surface area contributed by atoms with E-state index >= 15 is 4.39 Å². The molecule has 0 radical (unpaired) electrons. The lowest BCUT2D eigenvalue weighted by Crippen LogP contribution is -2.62. The van der Waals surface area contributed by atoms with Crippen LogP contribution in [0.15, 0.2) is 35.3 Å². The van der Waals surface area contributed by atoms with Gasteiger partial charge in [0.05, 0.1) is 11.2 Å². The lowest BCUT2D eigenvalue weighted by molar-refractivity contribution is -0.0884. The van der Waals surface area contributed by atoms with Crippen molar-refractivity contribution in [1.29, 1.82) is 0 Å². The van der Waals surface area contributed by atoms with E-state index in [4.69, 9.17) is 0 Å². The number of likely N-dealkylation sites (N-methyl/N-ethyl adjacent to an activating group) is 1. The molecule has 1 saturated heterocycles. The molecule has 1 unspecified atom stereocenters. The first-order valence-corrected chi connectivity index (χ1v) is 12.8. The van der Waals surface area contributed by atoms with Crippen LogP contribution < -0.4 is 15.8 Å². The van der Waals surface area contributed by atoms with Crippen LogP contribution in [0.2, 0.25) is 0 Å². The highest BCUT2D eigenvalue weighted by atomic mass is 19.1. The summed E-state index contributed by atoms with van der Waals surface area (Å²) in [6.07, 6.45) is 5.39. The van der Waals surface area contributed by atoms with Gasteiger partial charge in [-0.15, -0.1) is 0 Å². The SMILES string of the molecule is CN(C)C(=O)c1cc2cnc(Nc3ccc(N4CCC(N(C)C)C4)c(F)c3)nc2n(C23CC(C2)C3)c1=O. The molecular formula is C27H32FN7O2. The number of aromatic nitrogens is 3. The Morgan fingerprint density at radius 2 is 1.92 bits per heavy atom. The van der Waals surface area contributed by atoms with Crippen molar-refractivity contribution in [1.82, 2.24) is 24.3 Å². The molecule has 1 aliphatic heterocycles. The molecule has 10 heteroatoms. The second-order valence-corrected chi connectivity index (χ2v) is 11.2. The standard InChI is InChI=1S/C27H32FN7O2/c1-32(2)19-7-8-34(15-19)22-6-5-18(10-21(22)28)30-26-29-14-17-9-20(24(36)33(3)4)25(37)35(23(17)31-26)27-11-16(12-27)13-27/h5-6,9-10,14,16,19H,7-8,11-13,15H2,1-4H3,(H,29,30,31). The number of amides is 1. The van der Waals surface area contributed by atoms with Crippen molar-refractivity contribution in [3.8, 4) is 0 Å². The summed E-state index contributed by atoms with van der Waals surface area (Å²) in [5.74, 6) is 0.280. The van der Waals surface area contributed by atoms with E-state index in [-0.39, 0.29) is 34.3 Å². The number of hydrogen-bond acceptors (Lipinski definition) is 7. The molecule has 2 bridgehead atoms. The van der Waals surface area contributed by atoms with Crippen LogP contribution in [0.1, 0.15) is 36.0 Å². The third kappa shape index (κ3) is 3.85. The summed E-state index contributed by atoms with van der Waals surface area (Å²) >= 11 is 0. The smallest absolute Gasteiger partial charge is 0.265 e. The number of anilines is 3. The zero-order valence-corrected chi connectivity index (χ0v) is 21.7. The highest BCUT2D eigenvalue weighted by Gasteiger charge is 2.59. The molecule has 3 aliphatic carbocycles. The monoisotopic (exact) mass is 505 g/mol. The average Bonchev–Trinajstić information content (AvgIpc) is 3.29. The fourth-order valence-corrected chi connectivity index (χ4v) is 6.05. The van der Waals surface area contributed by atoms with Gasteiger partial charge in [0.25, 0.3) is 11.5 Å². The van der Waals surface area contributed by atoms with E-state index in [1.807, 2.05) is 6.07 Å². The second kappa shape index (κ2) is 8.51. The normalized spacial score (nSPS) is 24.2. The molecule has 4 fully saturated rings. The summed E-state index contributed by atoms with van der Waals surface area (Å²) in [6, 6.07) is 7.06. The van der Waals surface area contributed by atoms with Gasteiger partial charge < -0.3 is 20.0 Å². The number of halogens is 1. The van der Waals surface area contributed by atoms with Gasteiger partial charge in [0.1, 0.15) is 17.0 Å². The Balaban J connectivity index is 1.32. The van der Waals surface area contributed by atoms with Crippen molar-refractivity contribution in [3.63, 3.8) is 0 Å². The fourth-order valence-electron chi connectivity index (χ4n) is 6.05. The Kier molecular flexibility index (Phi) is 5.48. The maximum atomic E-state index is 15.1. The second-order valence-electron chi connectivity index (χ2n) is 11.2. The summed E-state index contributed by atoms with van der Waals surface area (Å²) in [6.45, 7) is 1.61. The van der Waals surface area contributed by atoms with Crippen LogP contribution in [0.5, 0.6) is 0 Å². The lowest BCUT2D eigenvalue weighted by Gasteiger charge is -2.62. The van der Waals surface area contributed by atoms with E-state index in [9.17, 15) is 9.59 Å². The first kappa shape index (κ1) is 23.8. The number of rotatable bonds is 6. The summed E-state index contributed by atoms with van der Waals surface area (Å²) in [4.78, 5) is 41.0. The molecule has 0 spiro atoms. The Labute approximate surface area is 214 Å². The first-order valence-electron chi connectivity index (χ1n) is 12.8. The van der Waals surface area contributed by atoms with Crippen LogP contribution in [-0.2, 0) is 5.54 Å². The van der Waals surface area contributed by atoms with E-state index in [0.29, 0.717) is 34.4 Å². The van der Waals surface area contributed by atoms with Gasteiger partial charge in [0.2, 0.25) is 5.95 Å². The average molecular weight is 506 g/mol. The number of hydrogen-bond donors (Lipinski definition) is 1. The van der Waals surface area contributed by atoms with Crippen LogP contribution in [0.3, 0.4) is 0 Å². The van der Waals surface area contributed by atoms with Crippen molar-refractivity contribution in [2.24, 2.45) is 5.92 Å². The van der Waals surface area contributed by atoms with E-state index in [1.54, 1.807) is 37.0 Å². The highest BCUT2D eigenvalue weighted by molar-refractivity contribution is 5.96. The molecule has 1 aromatic carbocycles. The third-order valence-corrected chi connectivity index (χ3v) is 8.30. The van der Waals surface area contributed by atoms with Crippen LogP contribution >= 0.6 is 0 Å². The number of fused-ring (bicyclic) bond motifs is 1. The van der Waals surface area contributed by atoms with Crippen LogP contribution in [0, 0.1) is 11.7 Å². The largest absolute Gasteiger partial charge is 0.368 e. The molecule has 37 heavy (non-hydrogen) atoms. The van der Waals surface area contributed by atoms with Gasteiger partial charge in [-0.1, -0.05) is 0 Å². The van der Waals surface area contributed by atoms with E-state index < -0.39 is 0 Å². The van der Waals surface area contributed by atoms with Crippen LogP contribution in [0.25, 0.3) is 11.0 Å².